The van der Waals surface area contributed by atoms with E-state index in [2.05, 4.69) is 25.8 Å². The molecule has 0 saturated heterocycles. The molecule has 0 aliphatic rings. The second kappa shape index (κ2) is 5.42. The quantitative estimate of drug-likeness (QED) is 0.748. The lowest BCUT2D eigenvalue weighted by atomic mass is 10.1. The number of anilines is 1. The molecule has 18 heavy (non-hydrogen) atoms. The Hall–Kier alpha value is -2.21. The van der Waals surface area contributed by atoms with Crippen molar-refractivity contribution in [3.63, 3.8) is 0 Å². The van der Waals surface area contributed by atoms with E-state index in [4.69, 9.17) is 0 Å². The highest BCUT2D eigenvalue weighted by Crippen LogP contribution is 2.24. The van der Waals surface area contributed by atoms with Gasteiger partial charge in [-0.3, -0.25) is 9.89 Å². The summed E-state index contributed by atoms with van der Waals surface area (Å²) in [7, 11) is 1.73. The molecule has 2 rings (SSSR count). The van der Waals surface area contributed by atoms with Crippen molar-refractivity contribution >= 4 is 11.6 Å². The van der Waals surface area contributed by atoms with Crippen LogP contribution in [-0.2, 0) is 4.79 Å². The third kappa shape index (κ3) is 2.72. The number of benzene rings is 1. The topological polar surface area (TPSA) is 82.7 Å². The summed E-state index contributed by atoms with van der Waals surface area (Å²) in [5.74, 6) is 1.21. The number of hydrogen-bond acceptors (Lipinski definition) is 4. The summed E-state index contributed by atoms with van der Waals surface area (Å²) in [4.78, 5) is 15.8. The minimum Gasteiger partial charge on any atom is -0.324 e. The van der Waals surface area contributed by atoms with Gasteiger partial charge in [0.1, 0.15) is 5.82 Å². The molecule has 6 heteroatoms. The first-order chi connectivity index (χ1) is 8.70. The molecule has 1 amide bonds. The van der Waals surface area contributed by atoms with Crippen LogP contribution in [0.25, 0.3) is 11.4 Å². The molecule has 0 saturated carbocycles. The Labute approximate surface area is 105 Å². The second-order valence-electron chi connectivity index (χ2n) is 3.87. The smallest absolute Gasteiger partial charge is 0.238 e. The molecular formula is C12H15N5O. The van der Waals surface area contributed by atoms with Gasteiger partial charge in [0.15, 0.2) is 5.82 Å². The minimum absolute atomic E-state index is 0.0998. The number of aromatic amines is 1. The average Bonchev–Trinajstić information content (AvgIpc) is 2.77. The van der Waals surface area contributed by atoms with Gasteiger partial charge in [0.2, 0.25) is 5.91 Å². The zero-order chi connectivity index (χ0) is 13.0. The number of likely N-dealkylation sites (N-methyl/N-ethyl adjacent to an activating group) is 1. The number of para-hydroxylation sites is 1. The molecule has 0 unspecified atom stereocenters. The fourth-order valence-electron chi connectivity index (χ4n) is 1.61. The van der Waals surface area contributed by atoms with Crippen LogP contribution < -0.4 is 10.6 Å². The number of carbonyl (C=O) groups excluding carboxylic acids is 1. The van der Waals surface area contributed by atoms with Crippen molar-refractivity contribution < 1.29 is 4.79 Å². The van der Waals surface area contributed by atoms with Gasteiger partial charge in [-0.15, -0.1) is 0 Å². The fraction of sp³-hybridized carbons (Fsp3) is 0.250. The zero-order valence-corrected chi connectivity index (χ0v) is 10.3. The molecule has 94 valence electrons. The Morgan fingerprint density at radius 3 is 2.83 bits per heavy atom. The molecule has 3 N–H and O–H groups in total. The molecule has 0 aliphatic carbocycles. The summed E-state index contributed by atoms with van der Waals surface area (Å²) in [6, 6.07) is 7.44. The zero-order valence-electron chi connectivity index (χ0n) is 10.3. The first-order valence-electron chi connectivity index (χ1n) is 5.63. The van der Waals surface area contributed by atoms with Crippen LogP contribution in [-0.4, -0.2) is 34.7 Å². The number of aryl methyl sites for hydroxylation is 1. The summed E-state index contributed by atoms with van der Waals surface area (Å²) in [5.41, 5.74) is 1.50. The monoisotopic (exact) mass is 245 g/mol. The lowest BCUT2D eigenvalue weighted by Gasteiger charge is -2.08. The first kappa shape index (κ1) is 12.3. The third-order valence-corrected chi connectivity index (χ3v) is 2.38. The first-order valence-corrected chi connectivity index (χ1v) is 5.63. The summed E-state index contributed by atoms with van der Waals surface area (Å²) in [6.07, 6.45) is 0. The van der Waals surface area contributed by atoms with Gasteiger partial charge in [0, 0.05) is 5.56 Å². The molecule has 6 nitrogen and oxygen atoms in total. The van der Waals surface area contributed by atoms with Crippen molar-refractivity contribution in [2.24, 2.45) is 0 Å². The Kier molecular flexibility index (Phi) is 3.69. The number of hydrogen-bond donors (Lipinski definition) is 3. The van der Waals surface area contributed by atoms with Crippen LogP contribution >= 0.6 is 0 Å². The number of H-pyrrole nitrogens is 1. The van der Waals surface area contributed by atoms with E-state index in [1.54, 1.807) is 7.05 Å². The van der Waals surface area contributed by atoms with E-state index >= 15 is 0 Å². The number of amides is 1. The van der Waals surface area contributed by atoms with Crippen LogP contribution in [0.5, 0.6) is 0 Å². The van der Waals surface area contributed by atoms with Crippen LogP contribution in [0.1, 0.15) is 5.82 Å². The van der Waals surface area contributed by atoms with Crippen LogP contribution in [0.4, 0.5) is 5.69 Å². The lowest BCUT2D eigenvalue weighted by molar-refractivity contribution is -0.115. The molecule has 0 fully saturated rings. The van der Waals surface area contributed by atoms with Crippen molar-refractivity contribution in [3.05, 3.63) is 30.1 Å². The molecule has 0 spiro atoms. The largest absolute Gasteiger partial charge is 0.324 e. The van der Waals surface area contributed by atoms with Gasteiger partial charge in [-0.05, 0) is 26.1 Å². The maximum absolute atomic E-state index is 11.6. The van der Waals surface area contributed by atoms with E-state index in [-0.39, 0.29) is 12.5 Å². The van der Waals surface area contributed by atoms with E-state index < -0.39 is 0 Å². The predicted molar refractivity (Wildman–Crippen MR) is 69.1 cm³/mol. The van der Waals surface area contributed by atoms with E-state index in [1.807, 2.05) is 31.2 Å². The van der Waals surface area contributed by atoms with Crippen molar-refractivity contribution in [1.29, 1.82) is 0 Å². The highest BCUT2D eigenvalue weighted by molar-refractivity contribution is 5.95. The summed E-state index contributed by atoms with van der Waals surface area (Å²) >= 11 is 0. The minimum atomic E-state index is -0.0998. The second-order valence-corrected chi connectivity index (χ2v) is 3.87. The normalized spacial score (nSPS) is 10.3. The van der Waals surface area contributed by atoms with Gasteiger partial charge >= 0.3 is 0 Å². The van der Waals surface area contributed by atoms with Gasteiger partial charge in [-0.25, -0.2) is 4.98 Å². The van der Waals surface area contributed by atoms with E-state index in [0.29, 0.717) is 11.5 Å². The number of aromatic nitrogens is 3. The number of nitrogens with zero attached hydrogens (tertiary/aromatic N) is 2. The summed E-state index contributed by atoms with van der Waals surface area (Å²) < 4.78 is 0. The molecule has 2 aromatic rings. The number of carbonyl (C=O) groups is 1. The van der Waals surface area contributed by atoms with Crippen molar-refractivity contribution in [3.8, 4) is 11.4 Å². The van der Waals surface area contributed by atoms with Gasteiger partial charge in [0.25, 0.3) is 0 Å². The van der Waals surface area contributed by atoms with E-state index in [9.17, 15) is 4.79 Å². The standard InChI is InChI=1S/C12H15N5O/c1-8-14-12(17-16-8)9-5-3-4-6-10(9)15-11(18)7-13-2/h3-6,13H,7H2,1-2H3,(H,15,18)(H,14,16,17). The highest BCUT2D eigenvalue weighted by Gasteiger charge is 2.10. The predicted octanol–water partition coefficient (Wildman–Crippen LogP) is 0.938. The molecule has 1 aromatic carbocycles. The average molecular weight is 245 g/mol. The highest BCUT2D eigenvalue weighted by atomic mass is 16.1. The van der Waals surface area contributed by atoms with Crippen LogP contribution in [0, 0.1) is 6.92 Å². The van der Waals surface area contributed by atoms with Crippen molar-refractivity contribution in [2.45, 2.75) is 6.92 Å². The van der Waals surface area contributed by atoms with E-state index in [0.717, 1.165) is 11.4 Å². The SMILES string of the molecule is CNCC(=O)Nc1ccccc1-c1n[nH]c(C)n1. The van der Waals surface area contributed by atoms with Crippen molar-refractivity contribution in [2.75, 3.05) is 18.9 Å². The Bertz CT molecular complexity index is 549. The van der Waals surface area contributed by atoms with Crippen molar-refractivity contribution in [1.82, 2.24) is 20.5 Å². The molecule has 0 bridgehead atoms. The van der Waals surface area contributed by atoms with Crippen LogP contribution in [0.15, 0.2) is 24.3 Å². The van der Waals surface area contributed by atoms with Crippen LogP contribution in [0.2, 0.25) is 0 Å². The summed E-state index contributed by atoms with van der Waals surface area (Å²) in [5, 5.41) is 12.5. The Morgan fingerprint density at radius 2 is 2.17 bits per heavy atom. The van der Waals surface area contributed by atoms with Gasteiger partial charge < -0.3 is 10.6 Å². The van der Waals surface area contributed by atoms with Gasteiger partial charge in [-0.2, -0.15) is 5.10 Å². The third-order valence-electron chi connectivity index (χ3n) is 2.38. The Morgan fingerprint density at radius 1 is 1.39 bits per heavy atom. The van der Waals surface area contributed by atoms with E-state index in [1.165, 1.54) is 0 Å². The van der Waals surface area contributed by atoms with Crippen LogP contribution in [0.3, 0.4) is 0 Å². The fourth-order valence-corrected chi connectivity index (χ4v) is 1.61. The molecule has 1 aromatic heterocycles. The maximum Gasteiger partial charge on any atom is 0.238 e. The molecule has 0 aliphatic heterocycles. The van der Waals surface area contributed by atoms with Gasteiger partial charge in [-0.1, -0.05) is 12.1 Å². The molecule has 0 atom stereocenters. The maximum atomic E-state index is 11.6. The van der Waals surface area contributed by atoms with Gasteiger partial charge in [0.05, 0.1) is 12.2 Å². The lowest BCUT2D eigenvalue weighted by Crippen LogP contribution is -2.25. The summed E-state index contributed by atoms with van der Waals surface area (Å²) in [6.45, 7) is 2.10. The molecule has 1 heterocycles. The Balaban J connectivity index is 2.28. The number of nitrogens with one attached hydrogen (secondary N) is 3. The molecule has 0 radical (unpaired) electrons. The number of rotatable bonds is 4. The molecular weight excluding hydrogens is 230 g/mol.